The minimum Gasteiger partial charge on any atom is -0.495 e. The molecule has 0 aliphatic rings. The fourth-order valence-electron chi connectivity index (χ4n) is 3.25. The molecule has 2 heterocycles. The third-order valence-corrected chi connectivity index (χ3v) is 7.95. The molecular weight excluding hydrogens is 587 g/mol. The van der Waals surface area contributed by atoms with Gasteiger partial charge in [0.1, 0.15) is 5.75 Å². The molecule has 40 heavy (non-hydrogen) atoms. The summed E-state index contributed by atoms with van der Waals surface area (Å²) in [6.07, 6.45) is 1.45. The van der Waals surface area contributed by atoms with Crippen molar-refractivity contribution in [2.24, 2.45) is 0 Å². The molecule has 0 radical (unpaired) electrons. The molecule has 1 amide bonds. The minimum absolute atomic E-state index is 0.00971. The Hall–Kier alpha value is -2.74. The number of benzene rings is 1. The molecule has 0 spiro atoms. The second-order valence-electron chi connectivity index (χ2n) is 10.5. The summed E-state index contributed by atoms with van der Waals surface area (Å²) < 4.78 is 66.0. The molecule has 0 N–H and O–H groups in total. The van der Waals surface area contributed by atoms with Gasteiger partial charge in [0.2, 0.25) is 6.79 Å². The fourth-order valence-corrected chi connectivity index (χ4v) is 5.71. The first-order chi connectivity index (χ1) is 18.3. The average Bonchev–Trinajstić information content (AvgIpc) is 3.18. The van der Waals surface area contributed by atoms with E-state index < -0.39 is 41.7 Å². The number of halogens is 1. The molecule has 16 heteroatoms. The van der Waals surface area contributed by atoms with Crippen LogP contribution in [0.4, 0.5) is 16.4 Å². The van der Waals surface area contributed by atoms with Crippen LogP contribution >= 0.6 is 19.4 Å². The molecule has 220 valence electrons. The second-order valence-corrected chi connectivity index (χ2v) is 14.5. The number of aromatic nitrogens is 3. The zero-order valence-electron chi connectivity index (χ0n) is 23.4. The van der Waals surface area contributed by atoms with Crippen molar-refractivity contribution in [3.8, 4) is 5.75 Å². The molecule has 0 unspecified atom stereocenters. The number of methoxy groups -OCH3 is 1. The van der Waals surface area contributed by atoms with Crippen LogP contribution in [-0.2, 0) is 32.7 Å². The van der Waals surface area contributed by atoms with Gasteiger partial charge in [-0.15, -0.1) is 5.10 Å². The van der Waals surface area contributed by atoms with E-state index in [2.05, 4.69) is 10.1 Å². The van der Waals surface area contributed by atoms with Crippen LogP contribution in [0.2, 0.25) is 5.02 Å². The number of rotatable bonds is 9. The number of ether oxygens (including phenoxy) is 2. The van der Waals surface area contributed by atoms with Gasteiger partial charge in [0.05, 0.1) is 33.9 Å². The molecule has 0 saturated heterocycles. The smallest absolute Gasteiger partial charge is 0.478 e. The van der Waals surface area contributed by atoms with Gasteiger partial charge in [-0.2, -0.15) is 4.98 Å². The lowest BCUT2D eigenvalue weighted by atomic mass is 10.2. The molecule has 2 aromatic heterocycles. The highest BCUT2D eigenvalue weighted by Crippen LogP contribution is 2.55. The third-order valence-electron chi connectivity index (χ3n) is 4.65. The zero-order valence-corrected chi connectivity index (χ0v) is 25.8. The van der Waals surface area contributed by atoms with Gasteiger partial charge >= 0.3 is 13.9 Å². The number of pyridine rings is 1. The number of carbonyl (C=O) groups is 1. The van der Waals surface area contributed by atoms with Crippen molar-refractivity contribution in [2.75, 3.05) is 25.1 Å². The monoisotopic (exact) mass is 618 g/mol. The molecule has 1 aromatic carbocycles. The van der Waals surface area contributed by atoms with Crippen LogP contribution in [-0.4, -0.2) is 60.5 Å². The summed E-state index contributed by atoms with van der Waals surface area (Å²) in [6.45, 7) is 9.15. The van der Waals surface area contributed by atoms with Gasteiger partial charge in [0.15, 0.2) is 15.5 Å². The van der Waals surface area contributed by atoms with E-state index in [1.165, 1.54) is 36.0 Å². The number of phosphoric ester groups is 1. The summed E-state index contributed by atoms with van der Waals surface area (Å²) in [5, 5.41) is 4.67. The predicted molar refractivity (Wildman–Crippen MR) is 148 cm³/mol. The van der Waals surface area contributed by atoms with Crippen molar-refractivity contribution in [3.05, 3.63) is 41.6 Å². The number of anilines is 2. The van der Waals surface area contributed by atoms with E-state index in [0.717, 1.165) is 11.2 Å². The Morgan fingerprint density at radius 2 is 1.70 bits per heavy atom. The zero-order chi connectivity index (χ0) is 30.1. The topological polar surface area (TPSA) is 148 Å². The second kappa shape index (κ2) is 11.6. The van der Waals surface area contributed by atoms with E-state index in [9.17, 15) is 17.8 Å². The quantitative estimate of drug-likeness (QED) is 0.212. The molecule has 13 nitrogen and oxygen atoms in total. The van der Waals surface area contributed by atoms with E-state index >= 15 is 0 Å². The molecule has 0 saturated carbocycles. The van der Waals surface area contributed by atoms with Crippen molar-refractivity contribution in [2.45, 2.75) is 57.6 Å². The first-order valence-electron chi connectivity index (χ1n) is 11.8. The first-order valence-corrected chi connectivity index (χ1v) is 15.6. The molecule has 3 aromatic rings. The number of fused-ring (bicyclic) bond motifs is 1. The van der Waals surface area contributed by atoms with E-state index in [-0.39, 0.29) is 22.3 Å². The van der Waals surface area contributed by atoms with Gasteiger partial charge < -0.3 is 9.47 Å². The van der Waals surface area contributed by atoms with E-state index in [0.29, 0.717) is 10.7 Å². The molecular formula is C24H32ClN4O9PS. The van der Waals surface area contributed by atoms with Crippen LogP contribution in [0.3, 0.4) is 0 Å². The van der Waals surface area contributed by atoms with E-state index in [1.807, 2.05) is 0 Å². The molecule has 0 bridgehead atoms. The third kappa shape index (κ3) is 8.38. The van der Waals surface area contributed by atoms with Crippen LogP contribution in [0.15, 0.2) is 41.4 Å². The molecule has 0 atom stereocenters. The summed E-state index contributed by atoms with van der Waals surface area (Å²) in [6, 6.07) is 7.05. The lowest BCUT2D eigenvalue weighted by molar-refractivity contribution is -0.0273. The Morgan fingerprint density at radius 1 is 1.07 bits per heavy atom. The summed E-state index contributed by atoms with van der Waals surface area (Å²) in [7, 11) is -6.49. The van der Waals surface area contributed by atoms with Gasteiger partial charge in [0, 0.05) is 18.5 Å². The van der Waals surface area contributed by atoms with Crippen molar-refractivity contribution < 1.29 is 40.8 Å². The number of hydrogen-bond acceptors (Lipinski definition) is 11. The van der Waals surface area contributed by atoms with Gasteiger partial charge in [-0.05, 0) is 65.8 Å². The highest BCUT2D eigenvalue weighted by atomic mass is 35.5. The van der Waals surface area contributed by atoms with Crippen LogP contribution in [0.5, 0.6) is 5.75 Å². The van der Waals surface area contributed by atoms with Crippen LogP contribution < -0.4 is 9.64 Å². The number of hydrogen-bond donors (Lipinski definition) is 0. The Bertz CT molecular complexity index is 1530. The molecule has 0 aliphatic carbocycles. The molecule has 0 fully saturated rings. The fraction of sp³-hybridized carbons (Fsp3) is 0.458. The SMILES string of the molecule is COc1cc(S(C)(=O)=O)ccc1N(C(=O)OCOP(=O)(OC(C)(C)C)OC(C)(C)C)c1nc2ccc(Cl)cn2n1. The van der Waals surface area contributed by atoms with Crippen LogP contribution in [0.1, 0.15) is 41.5 Å². The first kappa shape index (κ1) is 31.8. The maximum absolute atomic E-state index is 13.5. The lowest BCUT2D eigenvalue weighted by Crippen LogP contribution is -2.30. The van der Waals surface area contributed by atoms with Gasteiger partial charge in [-0.1, -0.05) is 11.6 Å². The summed E-state index contributed by atoms with van der Waals surface area (Å²) in [5.41, 5.74) is -1.41. The normalized spacial score (nSPS) is 12.9. The van der Waals surface area contributed by atoms with Crippen LogP contribution in [0, 0.1) is 0 Å². The number of sulfone groups is 1. The van der Waals surface area contributed by atoms with Crippen molar-refractivity contribution >= 4 is 52.6 Å². The lowest BCUT2D eigenvalue weighted by Gasteiger charge is -2.30. The number of nitrogens with zero attached hydrogens (tertiary/aromatic N) is 4. The van der Waals surface area contributed by atoms with E-state index in [4.69, 9.17) is 34.6 Å². The van der Waals surface area contributed by atoms with Gasteiger partial charge in [-0.3, -0.25) is 9.05 Å². The Labute approximate surface area is 237 Å². The maximum Gasteiger partial charge on any atom is 0.478 e. The number of phosphoric acid groups is 1. The summed E-state index contributed by atoms with van der Waals surface area (Å²) in [5.74, 6) is -0.145. The Morgan fingerprint density at radius 3 is 2.25 bits per heavy atom. The highest BCUT2D eigenvalue weighted by molar-refractivity contribution is 7.90. The summed E-state index contributed by atoms with van der Waals surface area (Å²) >= 11 is 6.06. The minimum atomic E-state index is -4.20. The number of amides is 1. The van der Waals surface area contributed by atoms with Gasteiger partial charge in [-0.25, -0.2) is 31.7 Å². The van der Waals surface area contributed by atoms with Gasteiger partial charge in [0.25, 0.3) is 5.95 Å². The highest BCUT2D eigenvalue weighted by Gasteiger charge is 2.38. The van der Waals surface area contributed by atoms with Crippen molar-refractivity contribution in [1.82, 2.24) is 14.6 Å². The average molecular weight is 619 g/mol. The molecule has 3 rings (SSSR count). The van der Waals surface area contributed by atoms with Crippen LogP contribution in [0.25, 0.3) is 5.65 Å². The summed E-state index contributed by atoms with van der Waals surface area (Å²) in [4.78, 5) is 18.7. The predicted octanol–water partition coefficient (Wildman–Crippen LogP) is 5.78. The van der Waals surface area contributed by atoms with Crippen molar-refractivity contribution in [3.63, 3.8) is 0 Å². The van der Waals surface area contributed by atoms with E-state index in [1.54, 1.807) is 53.7 Å². The number of carbonyl (C=O) groups excluding carboxylic acids is 1. The largest absolute Gasteiger partial charge is 0.495 e. The standard InChI is InChI=1S/C24H32ClN4O9PS/c1-23(2,3)37-39(31,38-24(4,5)6)36-15-35-22(30)29(21-26-20-12-9-16(25)14-28(20)27-21)18-11-10-17(40(8,32)33)13-19(18)34-7/h9-14H,15H2,1-8H3. The Kier molecular flexibility index (Phi) is 9.24. The molecule has 0 aliphatic heterocycles. The van der Waals surface area contributed by atoms with Crippen molar-refractivity contribution in [1.29, 1.82) is 0 Å². The maximum atomic E-state index is 13.5. The Balaban J connectivity index is 1.99.